The van der Waals surface area contributed by atoms with Gasteiger partial charge in [-0.25, -0.2) is 19.9 Å². The third-order valence-corrected chi connectivity index (χ3v) is 26.3. The molecule has 0 amide bonds. The smallest absolute Gasteiger partial charge is 0.164 e. The first-order valence-corrected chi connectivity index (χ1v) is 46.5. The SMILES string of the molecule is [2H]c1c([2H])c([2H])c(-c2ccc3c(c2)c2ccccc2n3-c2ccc(-c3nc(-c4ccccc4)nc(-c4ccccc4)n3)cc2C#N)c([2H])c1[2H].[2H]c1c([2H])c([2H])c(-c2ccc3c(c2)c2ccccc2n3-c2ccc(C#N)c(-n3c4ccccc4c4cc(-c5c([2H])c([2H])c([2H])c([2H])c5[2H])ccc43)c2C#N)c([2H])c1[2H].[2H]c1c([2H])c([2H])c(-c2ccc3c4ccccc4n(-c4nc(-n5c6ccccc6c6ccc(-c7c([2H])c([2H])c([2H])c([2H])c7[2H])cc65)c(C#N)c(-c5ccccc5)c4C#N)c3c2)c([2H])c1[2H]. The second-order valence-corrected chi connectivity index (χ2v) is 34.4. The van der Waals surface area contributed by atoms with Crippen molar-refractivity contribution in [3.63, 3.8) is 0 Å². The van der Waals surface area contributed by atoms with Crippen LogP contribution in [0.5, 0.6) is 0 Å². The van der Waals surface area contributed by atoms with E-state index in [0.717, 1.165) is 70.8 Å². The van der Waals surface area contributed by atoms with Crippen molar-refractivity contribution < 1.29 is 34.3 Å². The molecule has 0 spiro atoms. The molecule has 0 fully saturated rings. The molecule has 147 heavy (non-hydrogen) atoms. The van der Waals surface area contributed by atoms with Crippen molar-refractivity contribution in [2.45, 2.75) is 0 Å². The molecule has 20 aromatic carbocycles. The lowest BCUT2D eigenvalue weighted by Gasteiger charge is -2.19. The van der Waals surface area contributed by atoms with E-state index in [9.17, 15) is 26.3 Å². The molecular formula is C133H80N14. The van der Waals surface area contributed by atoms with Crippen LogP contribution < -0.4 is 0 Å². The van der Waals surface area contributed by atoms with Gasteiger partial charge in [0, 0.05) is 76.1 Å². The summed E-state index contributed by atoms with van der Waals surface area (Å²) in [5.74, 6) is 1.77. The molecule has 0 bridgehead atoms. The van der Waals surface area contributed by atoms with E-state index >= 15 is 0 Å². The highest BCUT2D eigenvalue weighted by Gasteiger charge is 2.31. The van der Waals surface area contributed by atoms with Crippen LogP contribution in [0, 0.1) is 56.7 Å². The summed E-state index contributed by atoms with van der Waals surface area (Å²) in [6.07, 6.45) is 0. The monoisotopic (exact) mass is 1900 g/mol. The number of hydrogen-bond donors (Lipinski definition) is 0. The van der Waals surface area contributed by atoms with Crippen molar-refractivity contribution in [1.29, 1.82) is 26.3 Å². The van der Waals surface area contributed by atoms with Crippen molar-refractivity contribution >= 4 is 109 Å². The van der Waals surface area contributed by atoms with Gasteiger partial charge in [0.15, 0.2) is 29.1 Å². The first-order chi connectivity index (χ1) is 83.1. The average molecular weight is 1900 g/mol. The summed E-state index contributed by atoms with van der Waals surface area (Å²) in [4.78, 5) is 19.7. The Balaban J connectivity index is 0.000000130. The van der Waals surface area contributed by atoms with Crippen LogP contribution in [0.2, 0.25) is 0 Å². The Hall–Kier alpha value is -21.0. The van der Waals surface area contributed by atoms with E-state index in [1.165, 1.54) is 0 Å². The maximum atomic E-state index is 11.3. The van der Waals surface area contributed by atoms with Gasteiger partial charge in [-0.3, -0.25) is 9.13 Å². The Morgan fingerprint density at radius 3 is 0.844 bits per heavy atom. The molecule has 682 valence electrons. The summed E-state index contributed by atoms with van der Waals surface area (Å²) < 4.78 is 219. The number of pyridine rings is 1. The second-order valence-electron chi connectivity index (χ2n) is 34.4. The number of benzene rings is 20. The molecule has 0 N–H and O–H groups in total. The summed E-state index contributed by atoms with van der Waals surface area (Å²) in [5, 5.41) is 62.3. The third kappa shape index (κ3) is 15.4. The summed E-state index contributed by atoms with van der Waals surface area (Å²) in [5.41, 5.74) is 14.6. The Bertz CT molecular complexity index is 11500. The second kappa shape index (κ2) is 37.3. The highest BCUT2D eigenvalue weighted by molar-refractivity contribution is 6.16. The predicted octanol–water partition coefficient (Wildman–Crippen LogP) is 32.5. The molecule has 14 nitrogen and oxygen atoms in total. The molecule has 0 atom stereocenters. The lowest BCUT2D eigenvalue weighted by Crippen LogP contribution is -2.11. The normalized spacial score (nSPS) is 13.6. The summed E-state index contributed by atoms with van der Waals surface area (Å²) in [6, 6.07) is 103. The fourth-order valence-electron chi connectivity index (χ4n) is 19.9. The van der Waals surface area contributed by atoms with E-state index < -0.39 is 78.6 Å². The number of fused-ring (bicyclic) bond motifs is 15. The fraction of sp³-hybridized carbons (Fsp3) is 0. The molecule has 27 aromatic rings. The zero-order chi connectivity index (χ0) is 120. The van der Waals surface area contributed by atoms with Crippen molar-refractivity contribution in [2.24, 2.45) is 0 Å². The molecular weight excluding hydrogens is 1790 g/mol. The zero-order valence-corrected chi connectivity index (χ0v) is 77.0. The first kappa shape index (κ1) is 64.3. The fourth-order valence-corrected chi connectivity index (χ4v) is 19.9. The van der Waals surface area contributed by atoms with Gasteiger partial charge >= 0.3 is 0 Å². The maximum absolute atomic E-state index is 11.3. The lowest BCUT2D eigenvalue weighted by atomic mass is 9.95. The van der Waals surface area contributed by atoms with Crippen LogP contribution >= 0.6 is 0 Å². The van der Waals surface area contributed by atoms with Gasteiger partial charge in [-0.2, -0.15) is 26.3 Å². The van der Waals surface area contributed by atoms with E-state index in [4.69, 9.17) is 54.2 Å². The number of rotatable bonds is 14. The number of nitriles is 5. The summed E-state index contributed by atoms with van der Waals surface area (Å²) in [7, 11) is 0. The van der Waals surface area contributed by atoms with Crippen LogP contribution in [0.3, 0.4) is 0 Å². The predicted molar refractivity (Wildman–Crippen MR) is 595 cm³/mol. The van der Waals surface area contributed by atoms with Crippen molar-refractivity contribution in [3.05, 3.63) is 513 Å². The molecule has 7 heterocycles. The van der Waals surface area contributed by atoms with Crippen molar-refractivity contribution in [3.8, 4) is 160 Å². The molecule has 0 aliphatic rings. The number of para-hydroxylation sites is 5. The standard InChI is InChI=1S/C49H29N5.C44H26N4.C40H25N5/c50-30-41-47(34-18-8-3-9-19-34)42(31-51)49(54-44-23-13-11-21-38(44)40-27-25-36(29-46(40)54)33-16-6-2-7-17-33)52-48(41)53-43-22-12-10-20-37(43)39-26-24-35(28-45(39)53)32-14-4-1-5-15-32;45-27-33-21-24-43(47-39-17-9-7-15-34(39)36-25-31(19-22-41(36)47)29-11-3-1-4-12-29)38(28-46)44(33)48-40-18-10-8-16-35(40)37-26-32(20-23-42(37)48)30-13-5-2-6-14-30;41-26-32-24-31(40-43-38(28-14-6-2-7-15-28)42-39(44-40)29-16-8-3-9-17-29)21-22-35(32)45-36-19-11-10-18-33(36)34-25-30(20-23-37(34)45)27-12-4-1-5-13-27/h1-29H;1-26H;1-25H/i1D,2D,4D,5D,6D,7D,14D,15D,16D,17D;1D,2D,3D,4D,5D,6D,11D,12D,13D,14D;1D,4D,5D,12D,13D. The van der Waals surface area contributed by atoms with E-state index in [0.29, 0.717) is 134 Å². The minimum Gasteiger partial charge on any atom is -0.308 e. The topological polar surface area (TPSA) is 195 Å². The molecule has 7 aromatic heterocycles. The Morgan fingerprint density at radius 1 is 0.184 bits per heavy atom. The van der Waals surface area contributed by atoms with Crippen LogP contribution in [0.25, 0.3) is 239 Å². The highest BCUT2D eigenvalue weighted by Crippen LogP contribution is 2.47. The highest BCUT2D eigenvalue weighted by atomic mass is 15.1. The maximum Gasteiger partial charge on any atom is 0.164 e. The third-order valence-electron chi connectivity index (χ3n) is 26.3. The lowest BCUT2D eigenvalue weighted by molar-refractivity contribution is 1.00. The minimum atomic E-state index is -0.513. The number of nitrogens with zero attached hydrogens (tertiary/aromatic N) is 14. The van der Waals surface area contributed by atoms with Gasteiger partial charge in [-0.1, -0.05) is 376 Å². The molecule has 27 rings (SSSR count). The largest absolute Gasteiger partial charge is 0.308 e. The summed E-state index contributed by atoms with van der Waals surface area (Å²) in [6.45, 7) is 0. The zero-order valence-electron chi connectivity index (χ0n) is 102. The van der Waals surface area contributed by atoms with Crippen LogP contribution in [-0.2, 0) is 0 Å². The van der Waals surface area contributed by atoms with Gasteiger partial charge in [-0.05, 0) is 170 Å². The van der Waals surface area contributed by atoms with E-state index in [2.05, 4.69) is 30.3 Å². The van der Waals surface area contributed by atoms with E-state index in [1.54, 1.807) is 118 Å². The van der Waals surface area contributed by atoms with Crippen LogP contribution in [0.15, 0.2) is 485 Å². The minimum absolute atomic E-state index is 0.00358. The van der Waals surface area contributed by atoms with Gasteiger partial charge in [0.1, 0.15) is 47.0 Å². The van der Waals surface area contributed by atoms with Crippen LogP contribution in [-0.4, -0.2) is 42.8 Å². The summed E-state index contributed by atoms with van der Waals surface area (Å²) >= 11 is 0. The van der Waals surface area contributed by atoms with Crippen LogP contribution in [0.1, 0.15) is 62.1 Å². The average Bonchev–Trinajstić information content (AvgIpc) is 1.59. The van der Waals surface area contributed by atoms with E-state index in [1.807, 2.05) is 238 Å². The molecule has 0 saturated heterocycles. The molecule has 0 aliphatic heterocycles. The first-order valence-electron chi connectivity index (χ1n) is 59.0. The van der Waals surface area contributed by atoms with Crippen molar-refractivity contribution in [2.75, 3.05) is 0 Å². The van der Waals surface area contributed by atoms with Crippen molar-refractivity contribution in [1.82, 2.24) is 42.8 Å². The Kier molecular flexibility index (Phi) is 16.3. The Labute approximate surface area is 880 Å². The number of hydrogen-bond acceptors (Lipinski definition) is 9. The van der Waals surface area contributed by atoms with Gasteiger partial charge < -0.3 is 13.7 Å². The molecule has 0 radical (unpaired) electrons. The van der Waals surface area contributed by atoms with E-state index in [-0.39, 0.29) is 134 Å². The molecule has 0 aliphatic carbocycles. The number of aromatic nitrogens is 9. The van der Waals surface area contributed by atoms with Gasteiger partial charge in [0.25, 0.3) is 0 Å². The molecule has 0 saturated carbocycles. The Morgan fingerprint density at radius 2 is 0.469 bits per heavy atom. The van der Waals surface area contributed by atoms with Gasteiger partial charge in [-0.15, -0.1) is 0 Å². The molecule has 0 unspecified atom stereocenters. The quantitative estimate of drug-likeness (QED) is 0.102. The van der Waals surface area contributed by atoms with Gasteiger partial charge in [0.05, 0.1) is 118 Å². The molecule has 14 heteroatoms. The van der Waals surface area contributed by atoms with Crippen LogP contribution in [0.4, 0.5) is 0 Å². The van der Waals surface area contributed by atoms with Gasteiger partial charge in [0.2, 0.25) is 0 Å².